The van der Waals surface area contributed by atoms with Crippen LogP contribution in [0, 0.1) is 5.92 Å². The molecule has 0 unspecified atom stereocenters. The van der Waals surface area contributed by atoms with Crippen LogP contribution in [0.5, 0.6) is 5.75 Å². The molecule has 1 N–H and O–H groups in total. The first-order valence-electron chi connectivity index (χ1n) is 7.05. The van der Waals surface area contributed by atoms with Crippen LogP contribution in [0.15, 0.2) is 24.3 Å². The first-order chi connectivity index (χ1) is 9.34. The van der Waals surface area contributed by atoms with Crippen molar-refractivity contribution >= 4 is 5.91 Å². The molecule has 0 aliphatic carbocycles. The smallest absolute Gasteiger partial charge is 0.226 e. The van der Waals surface area contributed by atoms with E-state index in [9.17, 15) is 4.79 Å². The van der Waals surface area contributed by atoms with Gasteiger partial charge in [-0.1, -0.05) is 18.2 Å². The number of benzene rings is 1. The summed E-state index contributed by atoms with van der Waals surface area (Å²) in [5.41, 5.74) is 1.11. The number of hydrogen-bond donors (Lipinski definition) is 1. The van der Waals surface area contributed by atoms with Gasteiger partial charge in [-0.05, 0) is 32.0 Å². The molecule has 0 saturated carbocycles. The Kier molecular flexibility index (Phi) is 3.69. The van der Waals surface area contributed by atoms with Crippen LogP contribution >= 0.6 is 0 Å². The number of nitrogens with one attached hydrogen (secondary N) is 1. The van der Waals surface area contributed by atoms with Gasteiger partial charge in [0, 0.05) is 18.0 Å². The second-order valence-corrected chi connectivity index (χ2v) is 5.24. The molecule has 2 aliphatic heterocycles. The Labute approximate surface area is 113 Å². The normalized spacial score (nSPS) is 20.3. The van der Waals surface area contributed by atoms with Gasteiger partial charge in [-0.2, -0.15) is 0 Å². The first kappa shape index (κ1) is 12.5. The maximum Gasteiger partial charge on any atom is 0.226 e. The zero-order valence-electron chi connectivity index (χ0n) is 11.1. The standard InChI is InChI=1S/C15H20N2O2/c18-15(12-5-7-16-8-6-12)17-9-10-19-14-4-2-1-3-13(14)11-17/h1-4,12,16H,5-11H2. The summed E-state index contributed by atoms with van der Waals surface area (Å²) in [7, 11) is 0. The number of carbonyl (C=O) groups is 1. The number of hydrogen-bond acceptors (Lipinski definition) is 3. The molecule has 1 saturated heterocycles. The van der Waals surface area contributed by atoms with E-state index in [1.54, 1.807) is 0 Å². The van der Waals surface area contributed by atoms with Crippen molar-refractivity contribution in [2.24, 2.45) is 5.92 Å². The van der Waals surface area contributed by atoms with Crippen LogP contribution in [0.4, 0.5) is 0 Å². The Bertz CT molecular complexity index is 455. The summed E-state index contributed by atoms with van der Waals surface area (Å²) in [4.78, 5) is 14.5. The van der Waals surface area contributed by atoms with E-state index in [-0.39, 0.29) is 5.92 Å². The van der Waals surface area contributed by atoms with Gasteiger partial charge in [-0.25, -0.2) is 0 Å². The number of para-hydroxylation sites is 1. The number of rotatable bonds is 1. The van der Waals surface area contributed by atoms with E-state index in [0.29, 0.717) is 25.6 Å². The molecule has 2 heterocycles. The predicted molar refractivity (Wildman–Crippen MR) is 72.9 cm³/mol. The number of piperidine rings is 1. The highest BCUT2D eigenvalue weighted by Gasteiger charge is 2.27. The third-order valence-electron chi connectivity index (χ3n) is 3.95. The van der Waals surface area contributed by atoms with E-state index in [1.807, 2.05) is 29.2 Å². The summed E-state index contributed by atoms with van der Waals surface area (Å²) in [6.45, 7) is 3.87. The fourth-order valence-electron chi connectivity index (χ4n) is 2.84. The molecule has 1 aromatic carbocycles. The van der Waals surface area contributed by atoms with Crippen molar-refractivity contribution in [3.8, 4) is 5.75 Å². The molecule has 0 bridgehead atoms. The molecular formula is C15H20N2O2. The summed E-state index contributed by atoms with van der Waals surface area (Å²) in [5.74, 6) is 1.40. The molecule has 0 spiro atoms. The second kappa shape index (κ2) is 5.61. The van der Waals surface area contributed by atoms with E-state index in [0.717, 1.165) is 37.2 Å². The number of nitrogens with zero attached hydrogens (tertiary/aromatic N) is 1. The van der Waals surface area contributed by atoms with Gasteiger partial charge in [-0.15, -0.1) is 0 Å². The van der Waals surface area contributed by atoms with Gasteiger partial charge in [0.25, 0.3) is 0 Å². The topological polar surface area (TPSA) is 41.6 Å². The summed E-state index contributed by atoms with van der Waals surface area (Å²) in [6.07, 6.45) is 1.91. The van der Waals surface area contributed by atoms with Crippen LogP contribution in [0.3, 0.4) is 0 Å². The molecule has 2 aliphatic rings. The van der Waals surface area contributed by atoms with Crippen molar-refractivity contribution in [3.63, 3.8) is 0 Å². The number of ether oxygens (including phenoxy) is 1. The van der Waals surface area contributed by atoms with E-state index in [2.05, 4.69) is 5.32 Å². The largest absolute Gasteiger partial charge is 0.491 e. The highest BCUT2D eigenvalue weighted by atomic mass is 16.5. The average Bonchev–Trinajstić information content (AvgIpc) is 2.69. The molecule has 0 radical (unpaired) electrons. The third kappa shape index (κ3) is 2.73. The zero-order valence-corrected chi connectivity index (χ0v) is 11.1. The van der Waals surface area contributed by atoms with Crippen molar-refractivity contribution < 1.29 is 9.53 Å². The molecule has 102 valence electrons. The lowest BCUT2D eigenvalue weighted by atomic mass is 9.96. The fourth-order valence-corrected chi connectivity index (χ4v) is 2.84. The number of fused-ring (bicyclic) bond motifs is 1. The van der Waals surface area contributed by atoms with Gasteiger partial charge in [0.2, 0.25) is 5.91 Å². The lowest BCUT2D eigenvalue weighted by Gasteiger charge is -2.28. The average molecular weight is 260 g/mol. The van der Waals surface area contributed by atoms with Crippen LogP contribution in [0.2, 0.25) is 0 Å². The quantitative estimate of drug-likeness (QED) is 0.830. The fraction of sp³-hybridized carbons (Fsp3) is 0.533. The van der Waals surface area contributed by atoms with Gasteiger partial charge in [0.1, 0.15) is 12.4 Å². The maximum atomic E-state index is 12.6. The maximum absolute atomic E-state index is 12.6. The van der Waals surface area contributed by atoms with Gasteiger partial charge >= 0.3 is 0 Å². The molecule has 1 amide bonds. The van der Waals surface area contributed by atoms with Crippen molar-refractivity contribution in [1.29, 1.82) is 0 Å². The summed E-state index contributed by atoms with van der Waals surface area (Å²) < 4.78 is 5.71. The van der Waals surface area contributed by atoms with Crippen molar-refractivity contribution in [2.45, 2.75) is 19.4 Å². The number of amides is 1. The van der Waals surface area contributed by atoms with Crippen molar-refractivity contribution in [2.75, 3.05) is 26.2 Å². The minimum Gasteiger partial charge on any atom is -0.491 e. The van der Waals surface area contributed by atoms with Crippen molar-refractivity contribution in [3.05, 3.63) is 29.8 Å². The molecule has 4 nitrogen and oxygen atoms in total. The summed E-state index contributed by atoms with van der Waals surface area (Å²) in [6, 6.07) is 8.00. The van der Waals surface area contributed by atoms with E-state index < -0.39 is 0 Å². The highest BCUT2D eigenvalue weighted by molar-refractivity contribution is 5.79. The van der Waals surface area contributed by atoms with Crippen LogP contribution in [-0.4, -0.2) is 37.0 Å². The molecular weight excluding hydrogens is 240 g/mol. The minimum absolute atomic E-state index is 0.187. The van der Waals surface area contributed by atoms with Gasteiger partial charge in [0.15, 0.2) is 0 Å². The molecule has 1 fully saturated rings. The minimum atomic E-state index is 0.187. The summed E-state index contributed by atoms with van der Waals surface area (Å²) >= 11 is 0. The lowest BCUT2D eigenvalue weighted by molar-refractivity contribution is -0.137. The van der Waals surface area contributed by atoms with Gasteiger partial charge in [0.05, 0.1) is 6.54 Å². The van der Waals surface area contributed by atoms with Gasteiger partial charge in [-0.3, -0.25) is 4.79 Å². The molecule has 0 aromatic heterocycles. The lowest BCUT2D eigenvalue weighted by Crippen LogP contribution is -2.41. The second-order valence-electron chi connectivity index (χ2n) is 5.24. The molecule has 19 heavy (non-hydrogen) atoms. The Balaban J connectivity index is 1.73. The van der Waals surface area contributed by atoms with Crippen LogP contribution in [-0.2, 0) is 11.3 Å². The Morgan fingerprint density at radius 2 is 2.05 bits per heavy atom. The van der Waals surface area contributed by atoms with E-state index >= 15 is 0 Å². The Morgan fingerprint density at radius 3 is 2.89 bits per heavy atom. The van der Waals surface area contributed by atoms with E-state index in [4.69, 9.17) is 4.74 Å². The van der Waals surface area contributed by atoms with Crippen LogP contribution < -0.4 is 10.1 Å². The molecule has 1 aromatic rings. The molecule has 4 heteroatoms. The molecule has 3 rings (SSSR count). The predicted octanol–water partition coefficient (Wildman–Crippen LogP) is 1.41. The zero-order chi connectivity index (χ0) is 13.1. The third-order valence-corrected chi connectivity index (χ3v) is 3.95. The van der Waals surface area contributed by atoms with Crippen LogP contribution in [0.25, 0.3) is 0 Å². The van der Waals surface area contributed by atoms with E-state index in [1.165, 1.54) is 0 Å². The SMILES string of the molecule is O=C(C1CCNCC1)N1CCOc2ccccc2C1. The Hall–Kier alpha value is -1.55. The monoisotopic (exact) mass is 260 g/mol. The first-order valence-corrected chi connectivity index (χ1v) is 7.05. The highest BCUT2D eigenvalue weighted by Crippen LogP contribution is 2.24. The summed E-state index contributed by atoms with van der Waals surface area (Å²) in [5, 5.41) is 3.31. The Morgan fingerprint density at radius 1 is 1.26 bits per heavy atom. The van der Waals surface area contributed by atoms with Crippen LogP contribution in [0.1, 0.15) is 18.4 Å². The van der Waals surface area contributed by atoms with Crippen molar-refractivity contribution in [1.82, 2.24) is 10.2 Å². The van der Waals surface area contributed by atoms with Gasteiger partial charge < -0.3 is 15.0 Å². The molecule has 0 atom stereocenters. The number of carbonyl (C=O) groups excluding carboxylic acids is 1.